The number of rotatable bonds is 14. The molecule has 0 aromatic rings. The molecule has 0 saturated carbocycles. The minimum Gasteiger partial charge on any atom is -0.368 e. The molecule has 0 radical (unpaired) electrons. The van der Waals surface area contributed by atoms with Crippen molar-refractivity contribution in [3.63, 3.8) is 0 Å². The van der Waals surface area contributed by atoms with Crippen LogP contribution in [-0.2, 0) is 14.4 Å². The normalized spacial score (nSPS) is 14.4. The van der Waals surface area contributed by atoms with Crippen LogP contribution in [0.2, 0.25) is 0 Å². The second kappa shape index (κ2) is 13.8. The molecule has 25 heavy (non-hydrogen) atoms. The van der Waals surface area contributed by atoms with Gasteiger partial charge in [-0.05, 0) is 25.7 Å². The molecule has 12 N–H and O–H groups in total. The second-order valence-corrected chi connectivity index (χ2v) is 5.87. The van der Waals surface area contributed by atoms with Gasteiger partial charge < -0.3 is 22.1 Å². The van der Waals surface area contributed by atoms with E-state index in [0.717, 1.165) is 0 Å². The average Bonchev–Trinajstić information content (AvgIpc) is 2.58. The van der Waals surface area contributed by atoms with Crippen LogP contribution >= 0.6 is 12.6 Å². The number of carbonyl (C=O) groups is 3. The van der Waals surface area contributed by atoms with Crippen molar-refractivity contribution >= 4 is 30.4 Å². The van der Waals surface area contributed by atoms with Crippen LogP contribution in [0, 0.1) is 0 Å². The zero-order valence-corrected chi connectivity index (χ0v) is 15.1. The van der Waals surface area contributed by atoms with E-state index >= 15 is 0 Å². The molecule has 0 unspecified atom stereocenters. The first-order valence-electron chi connectivity index (χ1n) is 8.00. The van der Waals surface area contributed by atoms with Gasteiger partial charge in [-0.1, -0.05) is 0 Å². The summed E-state index contributed by atoms with van der Waals surface area (Å²) in [5, 5.41) is 5.06. The van der Waals surface area contributed by atoms with Crippen LogP contribution in [0.15, 0.2) is 0 Å². The van der Waals surface area contributed by atoms with E-state index in [1.165, 1.54) is 0 Å². The number of carbonyl (C=O) groups excluding carboxylic acids is 3. The van der Waals surface area contributed by atoms with Crippen molar-refractivity contribution < 1.29 is 14.4 Å². The Morgan fingerprint density at radius 3 is 1.88 bits per heavy atom. The summed E-state index contributed by atoms with van der Waals surface area (Å²) in [6.07, 6.45) is 1.87. The molecule has 0 aliphatic rings. The van der Waals surface area contributed by atoms with Crippen molar-refractivity contribution in [1.29, 1.82) is 0 Å². The maximum absolute atomic E-state index is 12.3. The molecule has 11 nitrogen and oxygen atoms in total. The van der Waals surface area contributed by atoms with Gasteiger partial charge in [-0.25, -0.2) is 0 Å². The first-order chi connectivity index (χ1) is 11.9. The van der Waals surface area contributed by atoms with E-state index < -0.39 is 35.8 Å². The topological polar surface area (TPSA) is 203 Å². The minimum atomic E-state index is -0.924. The predicted octanol–water partition coefficient (Wildman–Crippen LogP) is -3.81. The molecule has 3 amide bonds. The van der Waals surface area contributed by atoms with Crippen LogP contribution in [0.1, 0.15) is 25.7 Å². The van der Waals surface area contributed by atoms with Crippen LogP contribution in [0.3, 0.4) is 0 Å². The molecule has 0 heterocycles. The molecule has 146 valence electrons. The fourth-order valence-electron chi connectivity index (χ4n) is 1.99. The molecule has 0 saturated heterocycles. The van der Waals surface area contributed by atoms with E-state index in [9.17, 15) is 14.4 Å². The minimum absolute atomic E-state index is 0.0533. The smallest absolute Gasteiger partial charge is 0.243 e. The zero-order chi connectivity index (χ0) is 19.2. The summed E-state index contributed by atoms with van der Waals surface area (Å²) in [5.41, 5.74) is 15.9. The molecule has 0 aliphatic heterocycles. The SMILES string of the molecule is NNCCC[C@@H](N)C(=O)N[C@H](CCCNN)C(=O)N[C@H](CS)C(N)=O. The third kappa shape index (κ3) is 10.2. The number of nitrogens with two attached hydrogens (primary N) is 4. The Morgan fingerprint density at radius 2 is 1.40 bits per heavy atom. The van der Waals surface area contributed by atoms with Crippen LogP contribution in [-0.4, -0.2) is 54.7 Å². The van der Waals surface area contributed by atoms with Crippen molar-refractivity contribution in [2.24, 2.45) is 23.2 Å². The number of hydrazine groups is 2. The number of hydrogen-bond acceptors (Lipinski definition) is 9. The van der Waals surface area contributed by atoms with E-state index in [1.54, 1.807) is 0 Å². The summed E-state index contributed by atoms with van der Waals surface area (Å²) in [4.78, 5) is 35.7. The molecule has 12 heteroatoms. The maximum atomic E-state index is 12.3. The lowest BCUT2D eigenvalue weighted by molar-refractivity contribution is -0.131. The number of nitrogens with one attached hydrogen (secondary N) is 4. The van der Waals surface area contributed by atoms with Gasteiger partial charge in [-0.15, -0.1) is 0 Å². The van der Waals surface area contributed by atoms with Gasteiger partial charge in [0.25, 0.3) is 0 Å². The first kappa shape index (κ1) is 23.6. The van der Waals surface area contributed by atoms with Crippen LogP contribution in [0.25, 0.3) is 0 Å². The van der Waals surface area contributed by atoms with E-state index in [1.807, 2.05) is 0 Å². The Hall–Kier alpha value is -1.44. The van der Waals surface area contributed by atoms with E-state index in [2.05, 4.69) is 34.1 Å². The quantitative estimate of drug-likeness (QED) is 0.0632. The zero-order valence-electron chi connectivity index (χ0n) is 14.2. The van der Waals surface area contributed by atoms with E-state index in [4.69, 9.17) is 23.2 Å². The molecule has 0 aliphatic carbocycles. The van der Waals surface area contributed by atoms with E-state index in [-0.39, 0.29) is 5.75 Å². The molecule has 0 aromatic heterocycles. The monoisotopic (exact) mass is 378 g/mol. The summed E-state index contributed by atoms with van der Waals surface area (Å²) in [5.74, 6) is 8.72. The molecule has 0 bridgehead atoms. The van der Waals surface area contributed by atoms with Crippen molar-refractivity contribution in [2.45, 2.75) is 43.8 Å². The summed E-state index contributed by atoms with van der Waals surface area (Å²) in [7, 11) is 0. The summed E-state index contributed by atoms with van der Waals surface area (Å²) < 4.78 is 0. The highest BCUT2D eigenvalue weighted by molar-refractivity contribution is 7.80. The van der Waals surface area contributed by atoms with Crippen molar-refractivity contribution in [2.75, 3.05) is 18.8 Å². The molecule has 0 rings (SSSR count). The fourth-order valence-corrected chi connectivity index (χ4v) is 2.26. The molecule has 0 fully saturated rings. The van der Waals surface area contributed by atoms with Gasteiger partial charge >= 0.3 is 0 Å². The van der Waals surface area contributed by atoms with Crippen molar-refractivity contribution in [3.8, 4) is 0 Å². The van der Waals surface area contributed by atoms with Crippen LogP contribution in [0.4, 0.5) is 0 Å². The Morgan fingerprint density at radius 1 is 0.880 bits per heavy atom. The Balaban J connectivity index is 4.76. The van der Waals surface area contributed by atoms with Crippen LogP contribution < -0.4 is 44.6 Å². The van der Waals surface area contributed by atoms with Crippen molar-refractivity contribution in [3.05, 3.63) is 0 Å². The number of hydrogen-bond donors (Lipinski definition) is 9. The lowest BCUT2D eigenvalue weighted by atomic mass is 10.1. The van der Waals surface area contributed by atoms with Crippen molar-refractivity contribution in [1.82, 2.24) is 21.5 Å². The van der Waals surface area contributed by atoms with E-state index in [0.29, 0.717) is 38.8 Å². The Labute approximate surface area is 152 Å². The Bertz CT molecular complexity index is 426. The number of thiol groups is 1. The summed E-state index contributed by atoms with van der Waals surface area (Å²) in [6, 6.07) is -2.55. The predicted molar refractivity (Wildman–Crippen MR) is 97.7 cm³/mol. The summed E-state index contributed by atoms with van der Waals surface area (Å²) in [6.45, 7) is 0.981. The van der Waals surface area contributed by atoms with Gasteiger partial charge in [-0.3, -0.25) is 36.9 Å². The third-order valence-corrected chi connectivity index (χ3v) is 3.83. The Kier molecular flexibility index (Phi) is 13.0. The fraction of sp³-hybridized carbons (Fsp3) is 0.769. The van der Waals surface area contributed by atoms with Crippen LogP contribution in [0.5, 0.6) is 0 Å². The second-order valence-electron chi connectivity index (χ2n) is 5.51. The molecular weight excluding hydrogens is 348 g/mol. The number of amides is 3. The maximum Gasteiger partial charge on any atom is 0.243 e. The van der Waals surface area contributed by atoms with Gasteiger partial charge in [0.15, 0.2) is 0 Å². The van der Waals surface area contributed by atoms with Gasteiger partial charge in [0.1, 0.15) is 12.1 Å². The number of primary amides is 1. The lowest BCUT2D eigenvalue weighted by Crippen LogP contribution is -2.55. The summed E-state index contributed by atoms with van der Waals surface area (Å²) >= 11 is 3.97. The molecule has 3 atom stereocenters. The molecule has 0 spiro atoms. The molecule has 0 aromatic carbocycles. The standard InChI is InChI=1S/C13H30N8O3S/c14-8(3-1-5-18-16)12(23)20-9(4-2-6-19-17)13(24)21-10(7-25)11(15)22/h8-10,18-19,25H,1-7,14,16-17H2,(H2,15,22)(H,20,23)(H,21,24)/t8-,9-,10-/m1/s1. The van der Waals surface area contributed by atoms with Gasteiger partial charge in [0.05, 0.1) is 6.04 Å². The lowest BCUT2D eigenvalue weighted by Gasteiger charge is -2.22. The highest BCUT2D eigenvalue weighted by Gasteiger charge is 2.26. The third-order valence-electron chi connectivity index (χ3n) is 3.46. The first-order valence-corrected chi connectivity index (χ1v) is 8.64. The highest BCUT2D eigenvalue weighted by Crippen LogP contribution is 2.01. The van der Waals surface area contributed by atoms with Gasteiger partial charge in [-0.2, -0.15) is 12.6 Å². The highest BCUT2D eigenvalue weighted by atomic mass is 32.1. The largest absolute Gasteiger partial charge is 0.368 e. The van der Waals surface area contributed by atoms with Gasteiger partial charge in [0, 0.05) is 18.8 Å². The molecular formula is C13H30N8O3S. The van der Waals surface area contributed by atoms with Gasteiger partial charge in [0.2, 0.25) is 17.7 Å². The average molecular weight is 379 g/mol.